The summed E-state index contributed by atoms with van der Waals surface area (Å²) in [5.74, 6) is 0.563. The molecule has 0 atom stereocenters. The number of amides is 2. The van der Waals surface area contributed by atoms with Gasteiger partial charge in [-0.3, -0.25) is 9.59 Å². The fourth-order valence-electron chi connectivity index (χ4n) is 0.694. The van der Waals surface area contributed by atoms with Gasteiger partial charge in [0.25, 0.3) is 0 Å². The molecule has 82 valence electrons. The lowest BCUT2D eigenvalue weighted by Crippen LogP contribution is -2.41. The van der Waals surface area contributed by atoms with Crippen LogP contribution in [0.1, 0.15) is 0 Å². The average molecular weight is 236 g/mol. The fraction of sp³-hybridized carbons (Fsp3) is 0.750. The van der Waals surface area contributed by atoms with E-state index in [1.807, 2.05) is 12.5 Å². The van der Waals surface area contributed by atoms with E-state index in [9.17, 15) is 9.59 Å². The standard InChI is InChI=1S/C8H16N2O2S2/c1-13-5-3-9-7(11)8(12)10-4-6-14-2/h3-6H2,1-2H3,(H,9,11)(H,10,12). The molecule has 0 aromatic heterocycles. The van der Waals surface area contributed by atoms with E-state index in [0.717, 1.165) is 11.5 Å². The Bertz CT molecular complexity index is 168. The minimum atomic E-state index is -0.542. The van der Waals surface area contributed by atoms with Gasteiger partial charge in [0.05, 0.1) is 0 Å². The van der Waals surface area contributed by atoms with Crippen LogP contribution in [0, 0.1) is 0 Å². The highest BCUT2D eigenvalue weighted by Gasteiger charge is 2.10. The Morgan fingerprint density at radius 2 is 1.29 bits per heavy atom. The molecule has 4 nitrogen and oxygen atoms in total. The molecule has 6 heteroatoms. The van der Waals surface area contributed by atoms with E-state index < -0.39 is 11.8 Å². The van der Waals surface area contributed by atoms with Crippen molar-refractivity contribution in [2.45, 2.75) is 0 Å². The largest absolute Gasteiger partial charge is 0.347 e. The van der Waals surface area contributed by atoms with Crippen molar-refractivity contribution in [1.29, 1.82) is 0 Å². The molecule has 0 aliphatic rings. The van der Waals surface area contributed by atoms with Crippen molar-refractivity contribution in [2.24, 2.45) is 0 Å². The maximum absolute atomic E-state index is 11.1. The second-order valence-corrected chi connectivity index (χ2v) is 4.47. The smallest absolute Gasteiger partial charge is 0.309 e. The van der Waals surface area contributed by atoms with Gasteiger partial charge in [-0.25, -0.2) is 0 Å². The summed E-state index contributed by atoms with van der Waals surface area (Å²) in [7, 11) is 0. The molecule has 0 rings (SSSR count). The number of hydrogen-bond donors (Lipinski definition) is 2. The molecule has 0 aliphatic heterocycles. The number of thioether (sulfide) groups is 2. The molecular weight excluding hydrogens is 220 g/mol. The minimum absolute atomic E-state index is 0.538. The number of carbonyl (C=O) groups is 2. The second-order valence-electron chi connectivity index (χ2n) is 2.50. The molecule has 0 bridgehead atoms. The van der Waals surface area contributed by atoms with Gasteiger partial charge < -0.3 is 10.6 Å². The summed E-state index contributed by atoms with van der Waals surface area (Å²) in [6, 6.07) is 0. The number of rotatable bonds is 6. The van der Waals surface area contributed by atoms with Gasteiger partial charge in [0.15, 0.2) is 0 Å². The molecule has 0 aliphatic carbocycles. The maximum Gasteiger partial charge on any atom is 0.309 e. The molecule has 0 aromatic carbocycles. The summed E-state index contributed by atoms with van der Waals surface area (Å²) in [6.45, 7) is 1.08. The summed E-state index contributed by atoms with van der Waals surface area (Å²) >= 11 is 3.25. The third-order valence-electron chi connectivity index (χ3n) is 1.39. The van der Waals surface area contributed by atoms with E-state index in [4.69, 9.17) is 0 Å². The molecule has 0 unspecified atom stereocenters. The van der Waals surface area contributed by atoms with E-state index >= 15 is 0 Å². The highest BCUT2D eigenvalue weighted by molar-refractivity contribution is 7.98. The predicted octanol–water partition coefficient (Wildman–Crippen LogP) is -0.0552. The van der Waals surface area contributed by atoms with Crippen molar-refractivity contribution < 1.29 is 9.59 Å². The Morgan fingerprint density at radius 1 is 0.929 bits per heavy atom. The molecule has 2 amide bonds. The molecule has 0 saturated heterocycles. The van der Waals surface area contributed by atoms with Gasteiger partial charge in [-0.2, -0.15) is 23.5 Å². The van der Waals surface area contributed by atoms with Crippen LogP contribution in [0.3, 0.4) is 0 Å². The van der Waals surface area contributed by atoms with Crippen molar-refractivity contribution in [1.82, 2.24) is 10.6 Å². The molecule has 0 heterocycles. The van der Waals surface area contributed by atoms with E-state index in [1.54, 1.807) is 23.5 Å². The first-order valence-electron chi connectivity index (χ1n) is 4.26. The Kier molecular flexibility index (Phi) is 8.97. The van der Waals surface area contributed by atoms with E-state index in [-0.39, 0.29) is 0 Å². The highest BCUT2D eigenvalue weighted by atomic mass is 32.2. The first-order chi connectivity index (χ1) is 6.72. The summed E-state index contributed by atoms with van der Waals surface area (Å²) in [5.41, 5.74) is 0. The summed E-state index contributed by atoms with van der Waals surface area (Å²) in [4.78, 5) is 22.1. The third-order valence-corrected chi connectivity index (χ3v) is 2.61. The van der Waals surface area contributed by atoms with Crippen LogP contribution in [0.15, 0.2) is 0 Å². The molecule has 0 aromatic rings. The SMILES string of the molecule is CSCCNC(=O)C(=O)NCCSC. The van der Waals surface area contributed by atoms with Crippen molar-refractivity contribution in [3.8, 4) is 0 Å². The Balaban J connectivity index is 3.50. The number of nitrogens with one attached hydrogen (secondary N) is 2. The van der Waals surface area contributed by atoms with E-state index in [0.29, 0.717) is 13.1 Å². The second kappa shape index (κ2) is 9.21. The zero-order valence-corrected chi connectivity index (χ0v) is 10.1. The average Bonchev–Trinajstić information content (AvgIpc) is 2.18. The van der Waals surface area contributed by atoms with Crippen molar-refractivity contribution in [3.63, 3.8) is 0 Å². The molecule has 14 heavy (non-hydrogen) atoms. The Morgan fingerprint density at radius 3 is 1.57 bits per heavy atom. The molecule has 0 spiro atoms. The van der Waals surface area contributed by atoms with Crippen molar-refractivity contribution in [2.75, 3.05) is 37.1 Å². The number of hydrogen-bond acceptors (Lipinski definition) is 4. The van der Waals surface area contributed by atoms with Gasteiger partial charge >= 0.3 is 11.8 Å². The Hall–Kier alpha value is -0.360. The van der Waals surface area contributed by atoms with Crippen molar-refractivity contribution >= 4 is 35.3 Å². The van der Waals surface area contributed by atoms with Crippen LogP contribution in [0.2, 0.25) is 0 Å². The quantitative estimate of drug-likeness (QED) is 0.501. The highest BCUT2D eigenvalue weighted by Crippen LogP contribution is 1.88. The zero-order valence-electron chi connectivity index (χ0n) is 8.46. The first-order valence-corrected chi connectivity index (χ1v) is 7.05. The summed E-state index contributed by atoms with van der Waals surface area (Å²) < 4.78 is 0. The lowest BCUT2D eigenvalue weighted by molar-refractivity contribution is -0.139. The van der Waals surface area contributed by atoms with Crippen molar-refractivity contribution in [3.05, 3.63) is 0 Å². The first kappa shape index (κ1) is 13.6. The molecule has 0 radical (unpaired) electrons. The zero-order chi connectivity index (χ0) is 10.8. The maximum atomic E-state index is 11.1. The normalized spacial score (nSPS) is 9.57. The van der Waals surface area contributed by atoms with Gasteiger partial charge in [-0.1, -0.05) is 0 Å². The van der Waals surface area contributed by atoms with Crippen LogP contribution in [0.4, 0.5) is 0 Å². The summed E-state index contributed by atoms with van der Waals surface area (Å²) in [6.07, 6.45) is 3.90. The summed E-state index contributed by atoms with van der Waals surface area (Å²) in [5, 5.41) is 5.06. The molecule has 0 saturated carbocycles. The minimum Gasteiger partial charge on any atom is -0.347 e. The van der Waals surface area contributed by atoms with Crippen LogP contribution >= 0.6 is 23.5 Å². The molecule has 0 fully saturated rings. The van der Waals surface area contributed by atoms with Crippen LogP contribution in [-0.4, -0.2) is 48.9 Å². The van der Waals surface area contributed by atoms with Gasteiger partial charge in [-0.15, -0.1) is 0 Å². The van der Waals surface area contributed by atoms with Gasteiger partial charge in [0.1, 0.15) is 0 Å². The topological polar surface area (TPSA) is 58.2 Å². The lowest BCUT2D eigenvalue weighted by atomic mass is 10.5. The van der Waals surface area contributed by atoms with Crippen LogP contribution in [0.25, 0.3) is 0 Å². The Labute approximate surface area is 93.0 Å². The van der Waals surface area contributed by atoms with Crippen LogP contribution in [-0.2, 0) is 9.59 Å². The van der Waals surface area contributed by atoms with Crippen LogP contribution < -0.4 is 10.6 Å². The van der Waals surface area contributed by atoms with Gasteiger partial charge in [-0.05, 0) is 12.5 Å². The monoisotopic (exact) mass is 236 g/mol. The van der Waals surface area contributed by atoms with Crippen LogP contribution in [0.5, 0.6) is 0 Å². The third kappa shape index (κ3) is 7.08. The van der Waals surface area contributed by atoms with Gasteiger partial charge in [0.2, 0.25) is 0 Å². The molecular formula is C8H16N2O2S2. The predicted molar refractivity (Wildman–Crippen MR) is 62.8 cm³/mol. The fourth-order valence-corrected chi connectivity index (χ4v) is 1.31. The van der Waals surface area contributed by atoms with E-state index in [1.165, 1.54) is 0 Å². The lowest BCUT2D eigenvalue weighted by Gasteiger charge is -2.04. The molecule has 2 N–H and O–H groups in total. The van der Waals surface area contributed by atoms with Gasteiger partial charge in [0, 0.05) is 24.6 Å². The number of carbonyl (C=O) groups excluding carboxylic acids is 2. The van der Waals surface area contributed by atoms with E-state index in [2.05, 4.69) is 10.6 Å².